The summed E-state index contributed by atoms with van der Waals surface area (Å²) in [4.78, 5) is 15.1. The molecule has 0 bridgehead atoms. The van der Waals surface area contributed by atoms with Crippen LogP contribution in [0.2, 0.25) is 5.02 Å². The molecule has 0 amide bonds. The number of aromatic nitrogens is 1. The molecule has 1 aliphatic rings. The minimum absolute atomic E-state index is 0.0957. The number of ketones is 1. The molecule has 0 unspecified atom stereocenters. The number of Topliss-reactive ketones (excluding diaryl/α,β-unsaturated/α-hetero) is 1. The zero-order valence-corrected chi connectivity index (χ0v) is 15.7. The molecule has 146 valence electrons. The number of carbonyl (C=O) groups excluding carboxylic acids is 1. The van der Waals surface area contributed by atoms with Gasteiger partial charge in [0.25, 0.3) is 6.43 Å². The summed E-state index contributed by atoms with van der Waals surface area (Å²) in [6.45, 7) is 3.85. The molecule has 0 saturated heterocycles. The van der Waals surface area contributed by atoms with Gasteiger partial charge in [-0.1, -0.05) is 18.5 Å². The summed E-state index contributed by atoms with van der Waals surface area (Å²) < 4.78 is 40.8. The van der Waals surface area contributed by atoms with Gasteiger partial charge in [0, 0.05) is 25.3 Å². The predicted octanol–water partition coefficient (Wildman–Crippen LogP) is 4.17. The Morgan fingerprint density at radius 1 is 1.35 bits per heavy atom. The molecule has 26 heavy (non-hydrogen) atoms. The minimum atomic E-state index is -2.58. The van der Waals surface area contributed by atoms with Gasteiger partial charge >= 0.3 is 0 Å². The summed E-state index contributed by atoms with van der Waals surface area (Å²) >= 11 is 6.08. The molecule has 0 aliphatic heterocycles. The van der Waals surface area contributed by atoms with Crippen LogP contribution in [0.4, 0.5) is 8.78 Å². The molecule has 1 aliphatic carbocycles. The maximum absolute atomic E-state index is 12.2. The first-order valence-electron chi connectivity index (χ1n) is 8.64. The molecular weight excluding hydrogens is 368 g/mol. The van der Waals surface area contributed by atoms with Crippen LogP contribution in [-0.4, -0.2) is 43.1 Å². The third kappa shape index (κ3) is 6.68. The molecule has 1 aromatic rings. The van der Waals surface area contributed by atoms with E-state index in [1.807, 2.05) is 6.92 Å². The molecule has 5 nitrogen and oxygen atoms in total. The largest absolute Gasteiger partial charge is 0.486 e. The molecule has 1 heterocycles. The first-order chi connectivity index (χ1) is 12.3. The lowest BCUT2D eigenvalue weighted by Crippen LogP contribution is -2.36. The summed E-state index contributed by atoms with van der Waals surface area (Å²) in [5.41, 5.74) is 0. The SMILES string of the molecule is CC(=O)C[C@@H](C)COC1CC(COc2nccc(OCC(F)F)c2Cl)C1. The predicted molar refractivity (Wildman–Crippen MR) is 93.2 cm³/mol. The van der Waals surface area contributed by atoms with Crippen molar-refractivity contribution in [1.82, 2.24) is 4.98 Å². The van der Waals surface area contributed by atoms with Gasteiger partial charge < -0.3 is 19.0 Å². The molecule has 0 N–H and O–H groups in total. The molecule has 0 aromatic carbocycles. The molecule has 2 rings (SSSR count). The van der Waals surface area contributed by atoms with Gasteiger partial charge in [-0.05, 0) is 31.6 Å². The fourth-order valence-electron chi connectivity index (χ4n) is 2.77. The number of carbonyl (C=O) groups is 1. The number of hydrogen-bond donors (Lipinski definition) is 0. The second kappa shape index (κ2) is 10.0. The lowest BCUT2D eigenvalue weighted by molar-refractivity contribution is -0.119. The highest BCUT2D eigenvalue weighted by Crippen LogP contribution is 2.35. The van der Waals surface area contributed by atoms with Crippen LogP contribution in [0.15, 0.2) is 12.3 Å². The van der Waals surface area contributed by atoms with Crippen molar-refractivity contribution in [2.45, 2.75) is 45.6 Å². The Morgan fingerprint density at radius 2 is 2.08 bits per heavy atom. The van der Waals surface area contributed by atoms with Crippen LogP contribution in [-0.2, 0) is 9.53 Å². The van der Waals surface area contributed by atoms with Crippen LogP contribution in [0.5, 0.6) is 11.6 Å². The Morgan fingerprint density at radius 3 is 2.73 bits per heavy atom. The van der Waals surface area contributed by atoms with Gasteiger partial charge in [0.2, 0.25) is 5.88 Å². The summed E-state index contributed by atoms with van der Waals surface area (Å²) in [7, 11) is 0. The van der Waals surface area contributed by atoms with E-state index in [9.17, 15) is 13.6 Å². The summed E-state index contributed by atoms with van der Waals surface area (Å²) in [6.07, 6.45) is 1.28. The normalized spacial score (nSPS) is 20.5. The molecule has 1 saturated carbocycles. The van der Waals surface area contributed by atoms with Crippen molar-refractivity contribution in [3.63, 3.8) is 0 Å². The van der Waals surface area contributed by atoms with Gasteiger partial charge in [-0.15, -0.1) is 0 Å². The Kier molecular flexibility index (Phi) is 8.03. The minimum Gasteiger partial charge on any atom is -0.486 e. The summed E-state index contributed by atoms with van der Waals surface area (Å²) in [5, 5.41) is 0.0957. The number of nitrogens with zero attached hydrogens (tertiary/aromatic N) is 1. The quantitative estimate of drug-likeness (QED) is 0.566. The van der Waals surface area contributed by atoms with Gasteiger partial charge in [-0.3, -0.25) is 0 Å². The van der Waals surface area contributed by atoms with E-state index < -0.39 is 13.0 Å². The van der Waals surface area contributed by atoms with Gasteiger partial charge in [0.1, 0.15) is 23.2 Å². The number of ether oxygens (including phenoxy) is 3. The second-order valence-corrected chi connectivity index (χ2v) is 7.12. The lowest BCUT2D eigenvalue weighted by atomic mass is 9.83. The maximum Gasteiger partial charge on any atom is 0.272 e. The summed E-state index contributed by atoms with van der Waals surface area (Å²) in [5.74, 6) is 1.03. The monoisotopic (exact) mass is 391 g/mol. The van der Waals surface area contributed by atoms with Gasteiger partial charge in [-0.25, -0.2) is 13.8 Å². The topological polar surface area (TPSA) is 57.7 Å². The number of rotatable bonds is 11. The molecule has 1 aromatic heterocycles. The number of alkyl halides is 2. The lowest BCUT2D eigenvalue weighted by Gasteiger charge is -2.35. The standard InChI is InChI=1S/C18H24ClF2NO4/c1-11(5-12(2)23)8-24-14-6-13(7-14)9-26-18-17(19)15(3-4-22-18)25-10-16(20)21/h3-4,11,13-14,16H,5-10H2,1-2H3/t11-,13?,14?/m1/s1. The van der Waals surface area contributed by atoms with E-state index in [0.29, 0.717) is 25.6 Å². The van der Waals surface area contributed by atoms with Crippen molar-refractivity contribution in [2.75, 3.05) is 19.8 Å². The molecule has 1 fully saturated rings. The van der Waals surface area contributed by atoms with E-state index in [0.717, 1.165) is 12.8 Å². The molecule has 8 heteroatoms. The number of pyridine rings is 1. The second-order valence-electron chi connectivity index (χ2n) is 6.75. The van der Waals surface area contributed by atoms with Crippen LogP contribution in [0, 0.1) is 11.8 Å². The Bertz CT molecular complexity index is 597. The maximum atomic E-state index is 12.2. The highest BCUT2D eigenvalue weighted by Gasteiger charge is 2.31. The van der Waals surface area contributed by atoms with Crippen LogP contribution in [0.25, 0.3) is 0 Å². The van der Waals surface area contributed by atoms with E-state index in [4.69, 9.17) is 25.8 Å². The highest BCUT2D eigenvalue weighted by atomic mass is 35.5. The van der Waals surface area contributed by atoms with Crippen molar-refractivity contribution in [2.24, 2.45) is 11.8 Å². The summed E-state index contributed by atoms with van der Waals surface area (Å²) in [6, 6.07) is 1.42. The first kappa shape index (κ1) is 20.8. The van der Waals surface area contributed by atoms with Crippen molar-refractivity contribution < 1.29 is 27.8 Å². The third-order valence-electron chi connectivity index (χ3n) is 4.09. The molecule has 0 radical (unpaired) electrons. The van der Waals surface area contributed by atoms with Gasteiger partial charge in [0.15, 0.2) is 0 Å². The smallest absolute Gasteiger partial charge is 0.272 e. The van der Waals surface area contributed by atoms with Crippen LogP contribution in [0.1, 0.15) is 33.1 Å². The Hall–Kier alpha value is -1.47. The molecular formula is C18H24ClF2NO4. The fourth-order valence-corrected chi connectivity index (χ4v) is 2.99. The molecule has 0 spiro atoms. The van der Waals surface area contributed by atoms with E-state index in [2.05, 4.69) is 4.98 Å². The van der Waals surface area contributed by atoms with Crippen molar-refractivity contribution in [1.29, 1.82) is 0 Å². The average Bonchev–Trinajstić information content (AvgIpc) is 2.52. The van der Waals surface area contributed by atoms with Crippen LogP contribution < -0.4 is 9.47 Å². The van der Waals surface area contributed by atoms with Gasteiger partial charge in [0.05, 0.1) is 12.7 Å². The molecule has 1 atom stereocenters. The zero-order chi connectivity index (χ0) is 19.1. The van der Waals surface area contributed by atoms with Crippen molar-refractivity contribution in [3.8, 4) is 11.6 Å². The van der Waals surface area contributed by atoms with Crippen LogP contribution in [0.3, 0.4) is 0 Å². The number of hydrogen-bond acceptors (Lipinski definition) is 5. The van der Waals surface area contributed by atoms with E-state index in [1.54, 1.807) is 6.92 Å². The average molecular weight is 392 g/mol. The van der Waals surface area contributed by atoms with E-state index in [-0.39, 0.29) is 34.5 Å². The highest BCUT2D eigenvalue weighted by molar-refractivity contribution is 6.33. The first-order valence-corrected chi connectivity index (χ1v) is 9.02. The fraction of sp³-hybridized carbons (Fsp3) is 0.667. The third-order valence-corrected chi connectivity index (χ3v) is 4.44. The van der Waals surface area contributed by atoms with E-state index >= 15 is 0 Å². The number of halogens is 3. The zero-order valence-electron chi connectivity index (χ0n) is 14.9. The van der Waals surface area contributed by atoms with Crippen molar-refractivity contribution in [3.05, 3.63) is 17.3 Å². The van der Waals surface area contributed by atoms with Gasteiger partial charge in [-0.2, -0.15) is 0 Å². The van der Waals surface area contributed by atoms with E-state index in [1.165, 1.54) is 12.3 Å². The Balaban J connectivity index is 1.69. The van der Waals surface area contributed by atoms with Crippen LogP contribution >= 0.6 is 11.6 Å². The van der Waals surface area contributed by atoms with Crippen molar-refractivity contribution >= 4 is 17.4 Å². The Labute approximate surface area is 157 Å².